The Morgan fingerprint density at radius 2 is 2.21 bits per heavy atom. The minimum absolute atomic E-state index is 0.0289. The molecule has 2 fully saturated rings. The van der Waals surface area contributed by atoms with Crippen LogP contribution < -0.4 is 10.6 Å². The number of rotatable bonds is 4. The van der Waals surface area contributed by atoms with Gasteiger partial charge in [0.2, 0.25) is 11.8 Å². The highest BCUT2D eigenvalue weighted by atomic mass is 79.9. The van der Waals surface area contributed by atoms with Crippen LogP contribution in [0.4, 0.5) is 5.82 Å². The summed E-state index contributed by atoms with van der Waals surface area (Å²) in [6.45, 7) is 5.10. The third kappa shape index (κ3) is 3.95. The number of anilines is 1. The fourth-order valence-electron chi connectivity index (χ4n) is 3.22. The second-order valence-corrected chi connectivity index (χ2v) is 7.60. The summed E-state index contributed by atoms with van der Waals surface area (Å²) >= 11 is 3.32. The number of halogens is 1. The predicted octanol–water partition coefficient (Wildman–Crippen LogP) is 1.88. The summed E-state index contributed by atoms with van der Waals surface area (Å²) in [5.41, 5.74) is 0. The van der Waals surface area contributed by atoms with Crippen molar-refractivity contribution in [1.82, 2.24) is 15.2 Å². The van der Waals surface area contributed by atoms with E-state index in [1.165, 1.54) is 0 Å². The molecule has 7 heteroatoms. The van der Waals surface area contributed by atoms with Crippen molar-refractivity contribution in [2.24, 2.45) is 17.8 Å². The van der Waals surface area contributed by atoms with Crippen molar-refractivity contribution in [2.45, 2.75) is 19.8 Å². The first-order valence-corrected chi connectivity index (χ1v) is 9.26. The number of carbonyl (C=O) groups excluding carboxylic acids is 2. The smallest absolute Gasteiger partial charge is 0.230 e. The maximum atomic E-state index is 12.6. The monoisotopic (exact) mass is 394 g/mol. The minimum atomic E-state index is -0.167. The first-order chi connectivity index (χ1) is 11.5. The highest BCUT2D eigenvalue weighted by Crippen LogP contribution is 2.24. The highest BCUT2D eigenvalue weighted by molar-refractivity contribution is 9.10. The van der Waals surface area contributed by atoms with E-state index in [4.69, 9.17) is 0 Å². The normalized spacial score (nSPS) is 22.6. The summed E-state index contributed by atoms with van der Waals surface area (Å²) in [5, 5.41) is 6.07. The SMILES string of the molecule is CC(C(=O)N1CCCC(C(=O)Nc2ccc(Br)cn2)C1)C1CNC1. The Bertz CT molecular complexity index is 603. The van der Waals surface area contributed by atoms with E-state index in [9.17, 15) is 9.59 Å². The molecule has 0 saturated carbocycles. The lowest BCUT2D eigenvalue weighted by Crippen LogP contribution is -2.52. The third-order valence-corrected chi connectivity index (χ3v) is 5.46. The van der Waals surface area contributed by atoms with Crippen LogP contribution >= 0.6 is 15.9 Å². The molecule has 1 aromatic heterocycles. The van der Waals surface area contributed by atoms with Crippen LogP contribution in [0.2, 0.25) is 0 Å². The van der Waals surface area contributed by atoms with Crippen LogP contribution in [0.15, 0.2) is 22.8 Å². The number of piperidine rings is 1. The second-order valence-electron chi connectivity index (χ2n) is 6.68. The van der Waals surface area contributed by atoms with Gasteiger partial charge in [-0.15, -0.1) is 0 Å². The Morgan fingerprint density at radius 3 is 2.83 bits per heavy atom. The second kappa shape index (κ2) is 7.61. The summed E-state index contributed by atoms with van der Waals surface area (Å²) in [6, 6.07) is 3.60. The number of nitrogens with zero attached hydrogens (tertiary/aromatic N) is 2. The van der Waals surface area contributed by atoms with Gasteiger partial charge in [-0.05, 0) is 59.9 Å². The van der Waals surface area contributed by atoms with Gasteiger partial charge in [-0.3, -0.25) is 9.59 Å². The molecule has 2 amide bonds. The van der Waals surface area contributed by atoms with E-state index in [1.807, 2.05) is 17.9 Å². The lowest BCUT2D eigenvalue weighted by molar-refractivity contribution is -0.140. The first kappa shape index (κ1) is 17.4. The standard InChI is InChI=1S/C17H23BrN4O2/c1-11(13-7-19-8-13)17(24)22-6-2-3-12(10-22)16(23)21-15-5-4-14(18)9-20-15/h4-5,9,11-13,19H,2-3,6-8,10H2,1H3,(H,20,21,23). The number of hydrogen-bond acceptors (Lipinski definition) is 4. The Morgan fingerprint density at radius 1 is 1.42 bits per heavy atom. The van der Waals surface area contributed by atoms with E-state index in [-0.39, 0.29) is 23.7 Å². The molecule has 0 spiro atoms. The van der Waals surface area contributed by atoms with E-state index >= 15 is 0 Å². The van der Waals surface area contributed by atoms with Gasteiger partial charge in [-0.25, -0.2) is 4.98 Å². The van der Waals surface area contributed by atoms with Crippen LogP contribution in [-0.2, 0) is 9.59 Å². The summed E-state index contributed by atoms with van der Waals surface area (Å²) < 4.78 is 0.870. The number of nitrogens with one attached hydrogen (secondary N) is 2. The zero-order valence-corrected chi connectivity index (χ0v) is 15.4. The molecule has 2 saturated heterocycles. The molecular formula is C17H23BrN4O2. The van der Waals surface area contributed by atoms with Gasteiger partial charge in [0.25, 0.3) is 0 Å². The molecule has 3 heterocycles. The quantitative estimate of drug-likeness (QED) is 0.817. The Labute approximate surface area is 150 Å². The van der Waals surface area contributed by atoms with Crippen LogP contribution in [-0.4, -0.2) is 47.9 Å². The molecule has 0 aliphatic carbocycles. The largest absolute Gasteiger partial charge is 0.342 e. The fraction of sp³-hybridized carbons (Fsp3) is 0.588. The van der Waals surface area contributed by atoms with Crippen molar-refractivity contribution in [3.05, 3.63) is 22.8 Å². The molecule has 2 N–H and O–H groups in total. The van der Waals surface area contributed by atoms with Gasteiger partial charge in [0.05, 0.1) is 5.92 Å². The zero-order chi connectivity index (χ0) is 17.1. The Balaban J connectivity index is 1.57. The molecule has 2 aliphatic rings. The van der Waals surface area contributed by atoms with E-state index in [0.29, 0.717) is 18.3 Å². The molecule has 24 heavy (non-hydrogen) atoms. The minimum Gasteiger partial charge on any atom is -0.342 e. The van der Waals surface area contributed by atoms with Crippen molar-refractivity contribution in [1.29, 1.82) is 0 Å². The number of aromatic nitrogens is 1. The van der Waals surface area contributed by atoms with Crippen LogP contribution in [0.5, 0.6) is 0 Å². The molecule has 1 aromatic rings. The molecule has 0 bridgehead atoms. The molecular weight excluding hydrogens is 372 g/mol. The number of carbonyl (C=O) groups is 2. The first-order valence-electron chi connectivity index (χ1n) is 8.46. The lowest BCUT2D eigenvalue weighted by atomic mass is 9.87. The average molecular weight is 395 g/mol. The zero-order valence-electron chi connectivity index (χ0n) is 13.8. The third-order valence-electron chi connectivity index (χ3n) is 4.99. The van der Waals surface area contributed by atoms with Crippen LogP contribution in [0.1, 0.15) is 19.8 Å². The van der Waals surface area contributed by atoms with Crippen LogP contribution in [0.3, 0.4) is 0 Å². The summed E-state index contributed by atoms with van der Waals surface area (Å²) in [5.74, 6) is 0.960. The maximum Gasteiger partial charge on any atom is 0.230 e. The molecule has 2 atom stereocenters. The summed E-state index contributed by atoms with van der Waals surface area (Å²) in [7, 11) is 0. The average Bonchev–Trinajstić information content (AvgIpc) is 2.54. The van der Waals surface area contributed by atoms with Gasteiger partial charge in [0, 0.05) is 29.7 Å². The fourth-order valence-corrected chi connectivity index (χ4v) is 3.46. The van der Waals surface area contributed by atoms with Gasteiger partial charge < -0.3 is 15.5 Å². The van der Waals surface area contributed by atoms with E-state index in [2.05, 4.69) is 31.5 Å². The van der Waals surface area contributed by atoms with Crippen molar-refractivity contribution in [2.75, 3.05) is 31.5 Å². The molecule has 6 nitrogen and oxygen atoms in total. The molecule has 2 aliphatic heterocycles. The van der Waals surface area contributed by atoms with Crippen molar-refractivity contribution in [3.8, 4) is 0 Å². The van der Waals surface area contributed by atoms with Crippen molar-refractivity contribution < 1.29 is 9.59 Å². The lowest BCUT2D eigenvalue weighted by Gasteiger charge is -2.38. The number of pyridine rings is 1. The van der Waals surface area contributed by atoms with E-state index in [0.717, 1.165) is 36.9 Å². The van der Waals surface area contributed by atoms with Crippen LogP contribution in [0, 0.1) is 17.8 Å². The maximum absolute atomic E-state index is 12.6. The van der Waals surface area contributed by atoms with Gasteiger partial charge >= 0.3 is 0 Å². The summed E-state index contributed by atoms with van der Waals surface area (Å²) in [6.07, 6.45) is 3.33. The molecule has 0 aromatic carbocycles. The number of hydrogen-bond donors (Lipinski definition) is 2. The summed E-state index contributed by atoms with van der Waals surface area (Å²) in [4.78, 5) is 31.2. The van der Waals surface area contributed by atoms with Gasteiger partial charge in [-0.1, -0.05) is 6.92 Å². The number of amides is 2. The van der Waals surface area contributed by atoms with Crippen molar-refractivity contribution in [3.63, 3.8) is 0 Å². The van der Waals surface area contributed by atoms with Gasteiger partial charge in [-0.2, -0.15) is 0 Å². The topological polar surface area (TPSA) is 74.3 Å². The van der Waals surface area contributed by atoms with Crippen LogP contribution in [0.25, 0.3) is 0 Å². The highest BCUT2D eigenvalue weighted by Gasteiger charge is 2.35. The molecule has 2 unspecified atom stereocenters. The molecule has 3 rings (SSSR count). The van der Waals surface area contributed by atoms with Gasteiger partial charge in [0.15, 0.2) is 0 Å². The van der Waals surface area contributed by atoms with Gasteiger partial charge in [0.1, 0.15) is 5.82 Å². The van der Waals surface area contributed by atoms with E-state index in [1.54, 1.807) is 12.3 Å². The Hall–Kier alpha value is -1.47. The number of likely N-dealkylation sites (tertiary alicyclic amines) is 1. The van der Waals surface area contributed by atoms with E-state index < -0.39 is 0 Å². The molecule has 0 radical (unpaired) electrons. The van der Waals surface area contributed by atoms with Crippen molar-refractivity contribution >= 4 is 33.6 Å². The molecule has 130 valence electrons. The Kier molecular flexibility index (Phi) is 5.50. The predicted molar refractivity (Wildman–Crippen MR) is 95.4 cm³/mol.